The first-order valence-electron chi connectivity index (χ1n) is 10.8. The van der Waals surface area contributed by atoms with Gasteiger partial charge in [0, 0.05) is 18.3 Å². The summed E-state index contributed by atoms with van der Waals surface area (Å²) in [6, 6.07) is 13.5. The quantitative estimate of drug-likeness (QED) is 0.209. The van der Waals surface area contributed by atoms with Gasteiger partial charge in [-0.05, 0) is 29.3 Å². The highest BCUT2D eigenvalue weighted by Crippen LogP contribution is 2.27. The van der Waals surface area contributed by atoms with Crippen LogP contribution in [0.15, 0.2) is 78.8 Å². The van der Waals surface area contributed by atoms with Gasteiger partial charge < -0.3 is 24.5 Å². The molecule has 0 saturated heterocycles. The van der Waals surface area contributed by atoms with Crippen LogP contribution in [0.5, 0.6) is 11.5 Å². The molecule has 35 heavy (non-hydrogen) atoms. The number of H-pyrrole nitrogens is 1. The molecule has 0 aliphatic carbocycles. The Hall–Kier alpha value is -4.60. The van der Waals surface area contributed by atoms with E-state index in [2.05, 4.69) is 32.4 Å². The number of nitrogens with one attached hydrogen (secondary N) is 3. The molecule has 0 bridgehead atoms. The number of aromatic nitrogens is 2. The molecule has 1 heterocycles. The smallest absolute Gasteiger partial charge is 0.408 e. The highest BCUT2D eigenvalue weighted by molar-refractivity contribution is 5.87. The van der Waals surface area contributed by atoms with Gasteiger partial charge >= 0.3 is 6.09 Å². The molecule has 1 atom stereocenters. The van der Waals surface area contributed by atoms with Gasteiger partial charge in [0.15, 0.2) is 11.5 Å². The zero-order valence-corrected chi connectivity index (χ0v) is 19.3. The Morgan fingerprint density at radius 1 is 1.20 bits per heavy atom. The molecule has 182 valence electrons. The van der Waals surface area contributed by atoms with Crippen molar-refractivity contribution >= 4 is 18.2 Å². The molecule has 10 nitrogen and oxygen atoms in total. The molecule has 0 unspecified atom stereocenters. The fourth-order valence-electron chi connectivity index (χ4n) is 3.01. The van der Waals surface area contributed by atoms with Crippen LogP contribution >= 0.6 is 0 Å². The van der Waals surface area contributed by atoms with Crippen molar-refractivity contribution in [3.63, 3.8) is 0 Å². The zero-order chi connectivity index (χ0) is 24.9. The molecule has 10 heteroatoms. The Kier molecular flexibility index (Phi) is 9.43. The Bertz CT molecular complexity index is 1130. The van der Waals surface area contributed by atoms with Gasteiger partial charge in [0.05, 0.1) is 19.7 Å². The van der Waals surface area contributed by atoms with Gasteiger partial charge in [-0.1, -0.05) is 43.0 Å². The summed E-state index contributed by atoms with van der Waals surface area (Å²) in [5, 5.41) is 6.58. The van der Waals surface area contributed by atoms with E-state index in [4.69, 9.17) is 14.2 Å². The molecule has 0 saturated carbocycles. The number of hydrogen-bond acceptors (Lipinski definition) is 7. The minimum Gasteiger partial charge on any atom is -0.493 e. The van der Waals surface area contributed by atoms with Crippen molar-refractivity contribution < 1.29 is 23.8 Å². The lowest BCUT2D eigenvalue weighted by Crippen LogP contribution is -2.47. The van der Waals surface area contributed by atoms with Crippen molar-refractivity contribution in [3.8, 4) is 11.5 Å². The van der Waals surface area contributed by atoms with Crippen molar-refractivity contribution in [1.82, 2.24) is 20.7 Å². The van der Waals surface area contributed by atoms with Crippen LogP contribution in [-0.4, -0.2) is 47.9 Å². The van der Waals surface area contributed by atoms with Gasteiger partial charge in [0.1, 0.15) is 19.3 Å². The van der Waals surface area contributed by atoms with E-state index >= 15 is 0 Å². The second-order valence-electron chi connectivity index (χ2n) is 7.28. The number of methoxy groups -OCH3 is 1. The number of alkyl carbamates (subject to hydrolysis) is 1. The number of ether oxygens (including phenoxy) is 3. The highest BCUT2D eigenvalue weighted by Gasteiger charge is 2.22. The first kappa shape index (κ1) is 25.0. The highest BCUT2D eigenvalue weighted by atomic mass is 16.5. The molecule has 2 amide bonds. The van der Waals surface area contributed by atoms with E-state index < -0.39 is 18.0 Å². The number of imidazole rings is 1. The molecule has 2 aromatic carbocycles. The molecule has 1 aromatic heterocycles. The summed E-state index contributed by atoms with van der Waals surface area (Å²) in [5.74, 6) is 0.555. The molecule has 3 N–H and O–H groups in total. The Morgan fingerprint density at radius 2 is 2.03 bits per heavy atom. The largest absolute Gasteiger partial charge is 0.493 e. The Morgan fingerprint density at radius 3 is 2.74 bits per heavy atom. The normalized spacial score (nSPS) is 11.5. The van der Waals surface area contributed by atoms with E-state index in [1.54, 1.807) is 30.5 Å². The SMILES string of the molecule is C=CCOc1ccc(/C=N\NC(=O)[C@@H](Cc2cnc[nH]2)NC(=O)OCc2ccccc2)cc1OC. The predicted octanol–water partition coefficient (Wildman–Crippen LogP) is 2.97. The average Bonchev–Trinajstić information content (AvgIpc) is 3.40. The van der Waals surface area contributed by atoms with Gasteiger partial charge in [-0.15, -0.1) is 0 Å². The Balaban J connectivity index is 1.61. The standard InChI is InChI=1S/C25H27N5O5/c1-3-11-34-22-10-9-19(12-23(22)33-2)14-28-30-24(31)21(13-20-15-26-17-27-20)29-25(32)35-16-18-7-5-4-6-8-18/h3-10,12,14-15,17,21H,1,11,13,16H2,2H3,(H,26,27)(H,29,32)(H,30,31)/b28-14-/t21-/m1/s1. The van der Waals surface area contributed by atoms with Gasteiger partial charge in [-0.3, -0.25) is 4.79 Å². The summed E-state index contributed by atoms with van der Waals surface area (Å²) in [6.07, 6.45) is 5.60. The van der Waals surface area contributed by atoms with Crippen molar-refractivity contribution in [2.45, 2.75) is 19.1 Å². The monoisotopic (exact) mass is 477 g/mol. The first-order chi connectivity index (χ1) is 17.1. The molecular formula is C25H27N5O5. The molecule has 0 aliphatic rings. The van der Waals surface area contributed by atoms with Crippen molar-refractivity contribution in [2.75, 3.05) is 13.7 Å². The maximum Gasteiger partial charge on any atom is 0.408 e. The van der Waals surface area contributed by atoms with Crippen LogP contribution in [-0.2, 0) is 22.6 Å². The van der Waals surface area contributed by atoms with Crippen LogP contribution in [0, 0.1) is 0 Å². The molecule has 3 rings (SSSR count). The van der Waals surface area contributed by atoms with Crippen LogP contribution in [0.25, 0.3) is 0 Å². The lowest BCUT2D eigenvalue weighted by atomic mass is 10.1. The van der Waals surface area contributed by atoms with Gasteiger partial charge in [-0.25, -0.2) is 15.2 Å². The van der Waals surface area contributed by atoms with E-state index in [1.807, 2.05) is 30.3 Å². The summed E-state index contributed by atoms with van der Waals surface area (Å²) >= 11 is 0. The van der Waals surface area contributed by atoms with Crippen LogP contribution in [0.2, 0.25) is 0 Å². The van der Waals surface area contributed by atoms with Crippen LogP contribution in [0.1, 0.15) is 16.8 Å². The molecule has 0 radical (unpaired) electrons. The second kappa shape index (κ2) is 13.2. The van der Waals surface area contributed by atoms with E-state index in [0.717, 1.165) is 5.56 Å². The van der Waals surface area contributed by atoms with E-state index in [9.17, 15) is 9.59 Å². The molecule has 0 spiro atoms. The third-order valence-corrected chi connectivity index (χ3v) is 4.73. The number of hydrazone groups is 1. The van der Waals surface area contributed by atoms with Gasteiger partial charge in [0.25, 0.3) is 5.91 Å². The van der Waals surface area contributed by atoms with Crippen LogP contribution in [0.4, 0.5) is 4.79 Å². The lowest BCUT2D eigenvalue weighted by Gasteiger charge is -2.16. The maximum absolute atomic E-state index is 12.8. The lowest BCUT2D eigenvalue weighted by molar-refractivity contribution is -0.123. The average molecular weight is 478 g/mol. The molecule has 3 aromatic rings. The number of aromatic amines is 1. The number of nitrogens with zero attached hydrogens (tertiary/aromatic N) is 2. The van der Waals surface area contributed by atoms with Crippen molar-refractivity contribution in [3.05, 3.63) is 90.5 Å². The minimum atomic E-state index is -0.944. The molecular weight excluding hydrogens is 450 g/mol. The predicted molar refractivity (Wildman–Crippen MR) is 130 cm³/mol. The summed E-state index contributed by atoms with van der Waals surface area (Å²) < 4.78 is 16.1. The molecule has 0 fully saturated rings. The third kappa shape index (κ3) is 8.04. The number of carbonyl (C=O) groups excluding carboxylic acids is 2. The van der Waals surface area contributed by atoms with Crippen molar-refractivity contribution in [2.24, 2.45) is 5.10 Å². The fourth-order valence-corrected chi connectivity index (χ4v) is 3.01. The number of rotatable bonds is 12. The summed E-state index contributed by atoms with van der Waals surface area (Å²) in [7, 11) is 1.53. The number of hydrogen-bond donors (Lipinski definition) is 3. The minimum absolute atomic E-state index is 0.0809. The van der Waals surface area contributed by atoms with Crippen LogP contribution < -0.4 is 20.2 Å². The summed E-state index contributed by atoms with van der Waals surface area (Å²) in [4.78, 5) is 32.0. The number of carbonyl (C=O) groups is 2. The summed E-state index contributed by atoms with van der Waals surface area (Å²) in [6.45, 7) is 4.04. The topological polar surface area (TPSA) is 127 Å². The van der Waals surface area contributed by atoms with Crippen LogP contribution in [0.3, 0.4) is 0 Å². The fraction of sp³-hybridized carbons (Fsp3) is 0.200. The number of benzene rings is 2. The Labute approximate surface area is 203 Å². The van der Waals surface area contributed by atoms with E-state index in [0.29, 0.717) is 29.4 Å². The summed E-state index contributed by atoms with van der Waals surface area (Å²) in [5.41, 5.74) is 4.62. The van der Waals surface area contributed by atoms with Gasteiger partial charge in [0.2, 0.25) is 0 Å². The van der Waals surface area contributed by atoms with Crippen molar-refractivity contribution in [1.29, 1.82) is 0 Å². The second-order valence-corrected chi connectivity index (χ2v) is 7.28. The number of amides is 2. The molecule has 0 aliphatic heterocycles. The van der Waals surface area contributed by atoms with Gasteiger partial charge in [-0.2, -0.15) is 5.10 Å². The van der Waals surface area contributed by atoms with E-state index in [1.165, 1.54) is 19.7 Å². The zero-order valence-electron chi connectivity index (χ0n) is 19.3. The first-order valence-corrected chi connectivity index (χ1v) is 10.8. The third-order valence-electron chi connectivity index (χ3n) is 4.73. The van der Waals surface area contributed by atoms with E-state index in [-0.39, 0.29) is 13.0 Å². The maximum atomic E-state index is 12.8.